The van der Waals surface area contributed by atoms with Gasteiger partial charge in [0.05, 0.1) is 23.8 Å². The first-order valence-corrected chi connectivity index (χ1v) is 8.19. The quantitative estimate of drug-likeness (QED) is 0.863. The van der Waals surface area contributed by atoms with E-state index in [0.29, 0.717) is 41.9 Å². The van der Waals surface area contributed by atoms with Gasteiger partial charge in [-0.3, -0.25) is 4.79 Å². The Morgan fingerprint density at radius 3 is 2.73 bits per heavy atom. The monoisotopic (exact) mass is 334 g/mol. The Kier molecular flexibility index (Phi) is 4.97. The minimum absolute atomic E-state index is 0.00838. The van der Waals surface area contributed by atoms with Gasteiger partial charge in [0.2, 0.25) is 0 Å². The van der Waals surface area contributed by atoms with E-state index in [1.54, 1.807) is 17.2 Å². The molecule has 4 nitrogen and oxygen atoms in total. The van der Waals surface area contributed by atoms with Gasteiger partial charge in [-0.25, -0.2) is 4.98 Å². The standard InChI is InChI=1S/C16H15ClN2O2S/c17-13-5-1-2-6-14(13)22-15-12(4-3-7-18-15)16(20)19-8-10-21-11-9-19/h1-7H,8-11H2. The lowest BCUT2D eigenvalue weighted by atomic mass is 10.2. The van der Waals surface area contributed by atoms with Gasteiger partial charge in [-0.2, -0.15) is 0 Å². The molecule has 0 bridgehead atoms. The van der Waals surface area contributed by atoms with E-state index in [4.69, 9.17) is 16.3 Å². The third-order valence-corrected chi connectivity index (χ3v) is 4.88. The number of amides is 1. The predicted octanol–water partition coefficient (Wildman–Crippen LogP) is 3.36. The van der Waals surface area contributed by atoms with E-state index in [9.17, 15) is 4.79 Å². The Hall–Kier alpha value is -1.56. The van der Waals surface area contributed by atoms with Crippen LogP contribution in [-0.2, 0) is 4.74 Å². The number of carbonyl (C=O) groups excluding carboxylic acids is 1. The van der Waals surface area contributed by atoms with Crippen LogP contribution in [0.1, 0.15) is 10.4 Å². The average molecular weight is 335 g/mol. The molecular formula is C16H15ClN2O2S. The molecule has 1 saturated heterocycles. The highest BCUT2D eigenvalue weighted by Crippen LogP contribution is 2.34. The molecule has 0 spiro atoms. The van der Waals surface area contributed by atoms with Crippen LogP contribution in [-0.4, -0.2) is 42.1 Å². The van der Waals surface area contributed by atoms with Crippen LogP contribution in [0.2, 0.25) is 5.02 Å². The fourth-order valence-corrected chi connectivity index (χ4v) is 3.35. The highest BCUT2D eigenvalue weighted by Gasteiger charge is 2.22. The summed E-state index contributed by atoms with van der Waals surface area (Å²) in [6.45, 7) is 2.39. The van der Waals surface area contributed by atoms with Crippen LogP contribution in [0.4, 0.5) is 0 Å². The van der Waals surface area contributed by atoms with E-state index < -0.39 is 0 Å². The first-order chi connectivity index (χ1) is 10.8. The summed E-state index contributed by atoms with van der Waals surface area (Å²) in [6, 6.07) is 11.1. The van der Waals surface area contributed by atoms with Gasteiger partial charge in [0.1, 0.15) is 5.03 Å². The molecule has 1 fully saturated rings. The molecule has 0 N–H and O–H groups in total. The molecule has 22 heavy (non-hydrogen) atoms. The van der Waals surface area contributed by atoms with Crippen molar-refractivity contribution < 1.29 is 9.53 Å². The lowest BCUT2D eigenvalue weighted by Gasteiger charge is -2.27. The third kappa shape index (κ3) is 3.43. The lowest BCUT2D eigenvalue weighted by Crippen LogP contribution is -2.40. The molecule has 1 aliphatic heterocycles. The summed E-state index contributed by atoms with van der Waals surface area (Å²) in [5.41, 5.74) is 0.606. The zero-order valence-corrected chi connectivity index (χ0v) is 13.4. The smallest absolute Gasteiger partial charge is 0.256 e. The summed E-state index contributed by atoms with van der Waals surface area (Å²) in [4.78, 5) is 19.7. The second-order valence-corrected chi connectivity index (χ2v) is 6.23. The van der Waals surface area contributed by atoms with Gasteiger partial charge in [0, 0.05) is 24.2 Å². The molecule has 1 aromatic heterocycles. The molecular weight excluding hydrogens is 320 g/mol. The second kappa shape index (κ2) is 7.13. The normalized spacial score (nSPS) is 14.9. The predicted molar refractivity (Wildman–Crippen MR) is 86.5 cm³/mol. The molecule has 1 aliphatic rings. The number of aromatic nitrogens is 1. The van der Waals surface area contributed by atoms with Crippen molar-refractivity contribution in [1.29, 1.82) is 0 Å². The summed E-state index contributed by atoms with van der Waals surface area (Å²) in [7, 11) is 0. The average Bonchev–Trinajstić information content (AvgIpc) is 2.58. The van der Waals surface area contributed by atoms with Gasteiger partial charge in [-0.1, -0.05) is 35.5 Å². The van der Waals surface area contributed by atoms with Crippen LogP contribution in [0, 0.1) is 0 Å². The Morgan fingerprint density at radius 2 is 1.95 bits per heavy atom. The van der Waals surface area contributed by atoms with Crippen LogP contribution in [0.15, 0.2) is 52.5 Å². The highest BCUT2D eigenvalue weighted by atomic mass is 35.5. The van der Waals surface area contributed by atoms with Gasteiger partial charge in [-0.15, -0.1) is 0 Å². The maximum atomic E-state index is 12.7. The lowest BCUT2D eigenvalue weighted by molar-refractivity contribution is 0.0300. The number of ether oxygens (including phenoxy) is 1. The van der Waals surface area contributed by atoms with Crippen molar-refractivity contribution in [3.63, 3.8) is 0 Å². The van der Waals surface area contributed by atoms with Crippen molar-refractivity contribution in [2.24, 2.45) is 0 Å². The van der Waals surface area contributed by atoms with E-state index in [1.165, 1.54) is 11.8 Å². The topological polar surface area (TPSA) is 42.4 Å². The van der Waals surface area contributed by atoms with Gasteiger partial charge in [0.15, 0.2) is 0 Å². The number of pyridine rings is 1. The van der Waals surface area contributed by atoms with E-state index in [0.717, 1.165) is 4.90 Å². The number of nitrogens with zero attached hydrogens (tertiary/aromatic N) is 2. The molecule has 0 aliphatic carbocycles. The fraction of sp³-hybridized carbons (Fsp3) is 0.250. The van der Waals surface area contributed by atoms with Crippen LogP contribution < -0.4 is 0 Å². The number of carbonyl (C=O) groups is 1. The van der Waals surface area contributed by atoms with Gasteiger partial charge >= 0.3 is 0 Å². The zero-order valence-electron chi connectivity index (χ0n) is 11.9. The second-order valence-electron chi connectivity index (χ2n) is 4.79. The van der Waals surface area contributed by atoms with Gasteiger partial charge in [-0.05, 0) is 24.3 Å². The number of halogens is 1. The molecule has 114 valence electrons. The molecule has 2 heterocycles. The molecule has 2 aromatic rings. The maximum absolute atomic E-state index is 12.7. The minimum atomic E-state index is -0.00838. The number of morpholine rings is 1. The zero-order chi connectivity index (χ0) is 15.4. The molecule has 0 saturated carbocycles. The molecule has 0 radical (unpaired) electrons. The molecule has 3 rings (SSSR count). The Morgan fingerprint density at radius 1 is 1.18 bits per heavy atom. The van der Waals surface area contributed by atoms with Crippen molar-refractivity contribution >= 4 is 29.3 Å². The molecule has 1 amide bonds. The molecule has 6 heteroatoms. The van der Waals surface area contributed by atoms with Crippen molar-refractivity contribution in [2.45, 2.75) is 9.92 Å². The van der Waals surface area contributed by atoms with Gasteiger partial charge in [0.25, 0.3) is 5.91 Å². The van der Waals surface area contributed by atoms with Gasteiger partial charge < -0.3 is 9.64 Å². The van der Waals surface area contributed by atoms with E-state index in [-0.39, 0.29) is 5.91 Å². The Labute approximate surface area is 138 Å². The Bertz CT molecular complexity index is 675. The van der Waals surface area contributed by atoms with Crippen LogP contribution >= 0.6 is 23.4 Å². The number of hydrogen-bond acceptors (Lipinski definition) is 4. The summed E-state index contributed by atoms with van der Waals surface area (Å²) >= 11 is 7.61. The van der Waals surface area contributed by atoms with Crippen molar-refractivity contribution in [3.05, 3.63) is 53.2 Å². The minimum Gasteiger partial charge on any atom is -0.378 e. The fourth-order valence-electron chi connectivity index (χ4n) is 2.20. The van der Waals surface area contributed by atoms with E-state index >= 15 is 0 Å². The highest BCUT2D eigenvalue weighted by molar-refractivity contribution is 7.99. The number of benzene rings is 1. The summed E-state index contributed by atoms with van der Waals surface area (Å²) < 4.78 is 5.30. The van der Waals surface area contributed by atoms with Crippen molar-refractivity contribution in [1.82, 2.24) is 9.88 Å². The molecule has 0 unspecified atom stereocenters. The molecule has 1 aromatic carbocycles. The first-order valence-electron chi connectivity index (χ1n) is 7.00. The Balaban J connectivity index is 1.86. The summed E-state index contributed by atoms with van der Waals surface area (Å²) in [5.74, 6) is -0.00838. The number of rotatable bonds is 3. The largest absolute Gasteiger partial charge is 0.378 e. The van der Waals surface area contributed by atoms with E-state index in [1.807, 2.05) is 30.3 Å². The van der Waals surface area contributed by atoms with E-state index in [2.05, 4.69) is 4.98 Å². The van der Waals surface area contributed by atoms with Crippen LogP contribution in [0.3, 0.4) is 0 Å². The third-order valence-electron chi connectivity index (χ3n) is 3.34. The van der Waals surface area contributed by atoms with Crippen LogP contribution in [0.5, 0.6) is 0 Å². The van der Waals surface area contributed by atoms with Crippen molar-refractivity contribution in [3.8, 4) is 0 Å². The number of hydrogen-bond donors (Lipinski definition) is 0. The van der Waals surface area contributed by atoms with Crippen LogP contribution in [0.25, 0.3) is 0 Å². The first kappa shape index (κ1) is 15.3. The summed E-state index contributed by atoms with van der Waals surface area (Å²) in [6.07, 6.45) is 1.69. The summed E-state index contributed by atoms with van der Waals surface area (Å²) in [5, 5.41) is 1.33. The van der Waals surface area contributed by atoms with Crippen molar-refractivity contribution in [2.75, 3.05) is 26.3 Å². The SMILES string of the molecule is O=C(c1cccnc1Sc1ccccc1Cl)N1CCOCC1. The maximum Gasteiger partial charge on any atom is 0.256 e. The molecule has 0 atom stereocenters.